The lowest BCUT2D eigenvalue weighted by Gasteiger charge is -2.31. The van der Waals surface area contributed by atoms with Gasteiger partial charge in [-0.25, -0.2) is 9.36 Å². The fourth-order valence-corrected chi connectivity index (χ4v) is 7.19. The van der Waals surface area contributed by atoms with E-state index in [1.54, 1.807) is 37.9 Å². The fourth-order valence-electron chi connectivity index (χ4n) is 5.97. The van der Waals surface area contributed by atoms with Crippen LogP contribution >= 0.6 is 11.3 Å². The monoisotopic (exact) mass is 623 g/mol. The van der Waals surface area contributed by atoms with Gasteiger partial charge in [0, 0.05) is 17.5 Å². The Hall–Kier alpha value is -3.61. The van der Waals surface area contributed by atoms with Gasteiger partial charge >= 0.3 is 5.69 Å². The first kappa shape index (κ1) is 31.8. The number of aromatic nitrogens is 5. The third-order valence-corrected chi connectivity index (χ3v) is 9.74. The van der Waals surface area contributed by atoms with Crippen LogP contribution in [0, 0.1) is 12.8 Å². The van der Waals surface area contributed by atoms with E-state index in [4.69, 9.17) is 9.47 Å². The lowest BCUT2D eigenvalue weighted by atomic mass is 9.91. The predicted molar refractivity (Wildman–Crippen MR) is 169 cm³/mol. The number of benzene rings is 1. The van der Waals surface area contributed by atoms with E-state index in [0.717, 1.165) is 10.1 Å². The Morgan fingerprint density at radius 3 is 2.41 bits per heavy atom. The number of hydrogen-bond donors (Lipinski definition) is 1. The summed E-state index contributed by atoms with van der Waals surface area (Å²) in [4.78, 5) is 44.2. The zero-order valence-corrected chi connectivity index (χ0v) is 27.0. The van der Waals surface area contributed by atoms with Crippen molar-refractivity contribution in [2.24, 2.45) is 5.92 Å². The van der Waals surface area contributed by atoms with Crippen LogP contribution in [0.1, 0.15) is 77.0 Å². The molecule has 1 aromatic carbocycles. The first-order valence-corrected chi connectivity index (χ1v) is 15.9. The zero-order valence-electron chi connectivity index (χ0n) is 26.1. The standard InChI is InChI=1S/C32H41N5O6S/c1-19(2)17-26(39)32(4,5)36-28(40)27-20(3)29(37-33-15-16-34-37)44-30(27)35(31(36)41)18-25(23-9-7-8-10-24(23)42-6)43-22-13-11-21(38)12-14-22/h7-10,15-16,19,21-22,25,38H,11-14,17-18H2,1-6H3/t21?,22?,25-/m0/s1. The summed E-state index contributed by atoms with van der Waals surface area (Å²) in [6, 6.07) is 7.52. The maximum atomic E-state index is 14.5. The summed E-state index contributed by atoms with van der Waals surface area (Å²) in [6.07, 6.45) is 4.85. The van der Waals surface area contributed by atoms with Gasteiger partial charge in [-0.15, -0.1) is 4.80 Å². The highest BCUT2D eigenvalue weighted by molar-refractivity contribution is 7.21. The van der Waals surface area contributed by atoms with Crippen LogP contribution in [0.4, 0.5) is 0 Å². The third-order valence-electron chi connectivity index (χ3n) is 8.46. The zero-order chi connectivity index (χ0) is 31.8. The van der Waals surface area contributed by atoms with E-state index >= 15 is 0 Å². The molecule has 0 unspecified atom stereocenters. The second kappa shape index (κ2) is 12.8. The normalized spacial score (nSPS) is 18.2. The number of aliphatic hydroxyl groups excluding tert-OH is 1. The SMILES string of the molecule is COc1ccccc1[C@H](Cn1c(=O)n(C(C)(C)C(=O)CC(C)C)c(=O)c2c(C)c(-n3nccn3)sc21)OC1CCC(O)CC1. The largest absolute Gasteiger partial charge is 0.496 e. The van der Waals surface area contributed by atoms with Gasteiger partial charge in [-0.1, -0.05) is 43.4 Å². The summed E-state index contributed by atoms with van der Waals surface area (Å²) in [6.45, 7) is 9.01. The highest BCUT2D eigenvalue weighted by atomic mass is 32.1. The van der Waals surface area contributed by atoms with Gasteiger partial charge < -0.3 is 14.6 Å². The predicted octanol–water partition coefficient (Wildman–Crippen LogP) is 4.53. The van der Waals surface area contributed by atoms with Crippen molar-refractivity contribution in [2.45, 2.75) is 97.1 Å². The van der Waals surface area contributed by atoms with Crippen molar-refractivity contribution in [1.29, 1.82) is 0 Å². The van der Waals surface area contributed by atoms with Gasteiger partial charge in [-0.2, -0.15) is 10.2 Å². The average Bonchev–Trinajstić information content (AvgIpc) is 3.63. The van der Waals surface area contributed by atoms with E-state index in [1.807, 2.05) is 45.0 Å². The molecular weight excluding hydrogens is 582 g/mol. The van der Waals surface area contributed by atoms with E-state index in [0.29, 0.717) is 52.2 Å². The number of thiophene rings is 1. The lowest BCUT2D eigenvalue weighted by Crippen LogP contribution is -2.53. The summed E-state index contributed by atoms with van der Waals surface area (Å²) in [5.41, 5.74) is -1.12. The Balaban J connectivity index is 1.74. The minimum absolute atomic E-state index is 0.0566. The van der Waals surface area contributed by atoms with Crippen molar-refractivity contribution in [2.75, 3.05) is 7.11 Å². The Morgan fingerprint density at radius 1 is 1.11 bits per heavy atom. The number of ketones is 1. The van der Waals surface area contributed by atoms with Gasteiger partial charge in [0.25, 0.3) is 5.56 Å². The van der Waals surface area contributed by atoms with E-state index in [1.165, 1.54) is 16.1 Å². The molecule has 3 heterocycles. The quantitative estimate of drug-likeness (QED) is 0.258. The molecule has 11 nitrogen and oxygen atoms in total. The summed E-state index contributed by atoms with van der Waals surface area (Å²) in [7, 11) is 1.59. The van der Waals surface area contributed by atoms with Crippen LogP contribution in [-0.2, 0) is 21.6 Å². The van der Waals surface area contributed by atoms with Crippen LogP contribution in [0.5, 0.6) is 5.75 Å². The Labute approximate surface area is 260 Å². The number of carbonyl (C=O) groups is 1. The van der Waals surface area contributed by atoms with Crippen molar-refractivity contribution in [3.05, 3.63) is 68.6 Å². The number of methoxy groups -OCH3 is 1. The van der Waals surface area contributed by atoms with E-state index in [-0.39, 0.29) is 36.9 Å². The lowest BCUT2D eigenvalue weighted by molar-refractivity contribution is -0.127. The highest BCUT2D eigenvalue weighted by Gasteiger charge is 2.36. The van der Waals surface area contributed by atoms with Crippen molar-refractivity contribution < 1.29 is 19.4 Å². The van der Waals surface area contributed by atoms with Crippen LogP contribution in [-0.4, -0.2) is 54.3 Å². The van der Waals surface area contributed by atoms with Crippen LogP contribution < -0.4 is 16.0 Å². The van der Waals surface area contributed by atoms with Crippen molar-refractivity contribution in [3.63, 3.8) is 0 Å². The first-order chi connectivity index (χ1) is 20.9. The molecule has 1 aliphatic carbocycles. The van der Waals surface area contributed by atoms with E-state index < -0.39 is 22.9 Å². The van der Waals surface area contributed by atoms with Gasteiger partial charge in [-0.05, 0) is 58.4 Å². The summed E-state index contributed by atoms with van der Waals surface area (Å²) < 4.78 is 15.1. The highest BCUT2D eigenvalue weighted by Crippen LogP contribution is 2.36. The number of nitrogens with zero attached hydrogens (tertiary/aromatic N) is 5. The number of fused-ring (bicyclic) bond motifs is 1. The fraction of sp³-hybridized carbons (Fsp3) is 0.531. The topological polar surface area (TPSA) is 130 Å². The van der Waals surface area contributed by atoms with Crippen molar-refractivity contribution >= 4 is 27.3 Å². The molecule has 1 fully saturated rings. The number of carbonyl (C=O) groups excluding carboxylic acids is 1. The number of aliphatic hydroxyl groups is 1. The molecule has 4 aromatic rings. The van der Waals surface area contributed by atoms with Crippen LogP contribution in [0.2, 0.25) is 0 Å². The molecule has 3 aromatic heterocycles. The van der Waals surface area contributed by atoms with Crippen molar-refractivity contribution in [3.8, 4) is 10.8 Å². The maximum Gasteiger partial charge on any atom is 0.333 e. The molecule has 1 aliphatic rings. The molecule has 0 radical (unpaired) electrons. The number of para-hydroxylation sites is 1. The molecule has 1 N–H and O–H groups in total. The molecule has 0 saturated heterocycles. The molecule has 0 amide bonds. The number of rotatable bonds is 11. The van der Waals surface area contributed by atoms with Gasteiger partial charge in [-0.3, -0.25) is 14.2 Å². The van der Waals surface area contributed by atoms with Crippen LogP contribution in [0.25, 0.3) is 15.2 Å². The summed E-state index contributed by atoms with van der Waals surface area (Å²) in [5, 5.41) is 19.6. The second-order valence-electron chi connectivity index (χ2n) is 12.4. The minimum atomic E-state index is -1.40. The molecule has 0 aliphatic heterocycles. The number of aryl methyl sites for hydroxylation is 1. The summed E-state index contributed by atoms with van der Waals surface area (Å²) >= 11 is 1.25. The number of hydrogen-bond acceptors (Lipinski definition) is 9. The minimum Gasteiger partial charge on any atom is -0.496 e. The van der Waals surface area contributed by atoms with Gasteiger partial charge in [0.15, 0.2) is 5.78 Å². The molecule has 1 saturated carbocycles. The first-order valence-electron chi connectivity index (χ1n) is 15.1. The van der Waals surface area contributed by atoms with Gasteiger partial charge in [0.1, 0.15) is 27.2 Å². The van der Waals surface area contributed by atoms with Gasteiger partial charge in [0.2, 0.25) is 0 Å². The molecular formula is C32H41N5O6S. The molecule has 236 valence electrons. The molecule has 12 heteroatoms. The molecule has 0 bridgehead atoms. The average molecular weight is 624 g/mol. The molecule has 1 atom stereocenters. The summed E-state index contributed by atoms with van der Waals surface area (Å²) in [5.74, 6) is 0.473. The van der Waals surface area contributed by atoms with Crippen molar-refractivity contribution in [1.82, 2.24) is 24.1 Å². The number of Topliss-reactive ketones (excluding diaryl/α,β-unsaturated/α-hetero) is 1. The molecule has 44 heavy (non-hydrogen) atoms. The van der Waals surface area contributed by atoms with Gasteiger partial charge in [0.05, 0.1) is 43.6 Å². The van der Waals surface area contributed by atoms with Crippen LogP contribution in [0.15, 0.2) is 46.2 Å². The van der Waals surface area contributed by atoms with E-state index in [2.05, 4.69) is 10.2 Å². The second-order valence-corrected chi connectivity index (χ2v) is 13.4. The smallest absolute Gasteiger partial charge is 0.333 e. The third kappa shape index (κ3) is 6.02. The Morgan fingerprint density at radius 2 is 1.77 bits per heavy atom. The van der Waals surface area contributed by atoms with Crippen LogP contribution in [0.3, 0.4) is 0 Å². The number of ether oxygens (including phenoxy) is 2. The maximum absolute atomic E-state index is 14.5. The molecule has 5 rings (SSSR count). The Kier molecular flexibility index (Phi) is 9.24. The van der Waals surface area contributed by atoms with E-state index in [9.17, 15) is 19.5 Å². The Bertz CT molecular complexity index is 1750. The molecule has 0 spiro atoms.